The fourth-order valence-corrected chi connectivity index (χ4v) is 14.7. The molecule has 2 bridgehead atoms. The van der Waals surface area contributed by atoms with Gasteiger partial charge in [0, 0.05) is 60.7 Å². The van der Waals surface area contributed by atoms with Crippen LogP contribution in [0.2, 0.25) is 0 Å². The Kier molecular flexibility index (Phi) is 30.4. The maximum absolute atomic E-state index is 14.9. The summed E-state index contributed by atoms with van der Waals surface area (Å²) in [5.74, 6) is -13.8. The number of unbranched alkanes of at least 4 members (excludes halogenated alkanes) is 1. The van der Waals surface area contributed by atoms with E-state index in [-0.39, 0.29) is 98.8 Å². The van der Waals surface area contributed by atoms with E-state index in [4.69, 9.17) is 11.5 Å². The summed E-state index contributed by atoms with van der Waals surface area (Å²) in [5, 5.41) is 42.3. The SMILES string of the molecule is CC(C)C[C@@H]1NC(=O)CNC(=O)[C@@H]2CSSC[C@H](NC(=O)[C@H](CC(C)C)NC(=O)[C@H](CCCCN)NC1=O)C(=O)N[C@@H](Cc1cnc[nH]1)C(=O)N1C[C@H](O)C[C@H]1C(=O)N[C@H](C(N)=O)CSSC[C@H](NC(=O)[C@@H](NC(=O)CNC(=O)[C@@H]1CCC(=O)N1)C(C)C)C(=O)N2. The zero-order chi connectivity index (χ0) is 67.1. The third kappa shape index (κ3) is 24.3. The topological polar surface area (TPSA) is 488 Å². The number of nitrogens with two attached hydrogens (primary N) is 2. The average Bonchev–Trinajstić information content (AvgIpc) is 1.97. The molecule has 0 spiro atoms. The van der Waals surface area contributed by atoms with Gasteiger partial charge in [-0.2, -0.15) is 0 Å². The predicted octanol–water partition coefficient (Wildman–Crippen LogP) is -5.06. The van der Waals surface area contributed by atoms with Gasteiger partial charge in [0.15, 0.2) is 0 Å². The van der Waals surface area contributed by atoms with E-state index in [0.29, 0.717) is 18.5 Å². The van der Waals surface area contributed by atoms with Gasteiger partial charge >= 0.3 is 0 Å². The zero-order valence-corrected chi connectivity index (χ0v) is 54.9. The fraction of sp³-hybridized carbons (Fsp3) is 0.691. The first-order chi connectivity index (χ1) is 43.1. The van der Waals surface area contributed by atoms with Gasteiger partial charge in [0.05, 0.1) is 25.5 Å². The molecular weight excluding hydrogens is 1270 g/mol. The average molecular weight is 1350 g/mol. The van der Waals surface area contributed by atoms with Crippen LogP contribution in [0.5, 0.6) is 0 Å². The molecule has 91 heavy (non-hydrogen) atoms. The molecule has 14 amide bonds. The number of primary amides is 1. The first kappa shape index (κ1) is 74.8. The number of carbonyl (C=O) groups excluding carboxylic acids is 14. The molecule has 0 unspecified atom stereocenters. The molecule has 0 saturated carbocycles. The standard InChI is InChI=1S/C55H87N17O15S4/c1-26(2)13-33-49(81)64-31(9-7-8-12-56)48(80)65-34(14-27(3)4)50(82)69-38-23-91-89-22-37(47(79)60-18-42(75)63-33)68-52(84)39(70-54(86)44(28(5)6)71-43(76)19-59-46(78)32-10-11-41(74)62-32)24-90-88-21-36(45(57)77)67-53(85)40-16-30(73)20-72(40)55(87)35(66-51(38)83)15-29-17-58-25-61-29/h17,25-28,30-40,44,73H,7-16,18-24,56H2,1-6H3,(H2,57,77)(H,58,61)(H,59,78)(H,60,79)(H,62,74)(H,63,75)(H,64,81)(H,65,80)(H,66,83)(H,67,85)(H,68,84)(H,69,82)(H,70,86)(H,71,76)/t30-,31+,32+,33+,34+,35+,36+,37+,38+,39+,40+,44+/m1/s1. The van der Waals surface area contributed by atoms with Crippen LogP contribution in [0.4, 0.5) is 0 Å². The lowest BCUT2D eigenvalue weighted by atomic mass is 10.00. The van der Waals surface area contributed by atoms with Gasteiger partial charge in [-0.1, -0.05) is 84.7 Å². The van der Waals surface area contributed by atoms with Crippen LogP contribution in [0.3, 0.4) is 0 Å². The second kappa shape index (κ2) is 37.0. The molecule has 4 aliphatic heterocycles. The maximum Gasteiger partial charge on any atom is 0.246 e. The first-order valence-corrected chi connectivity index (χ1v) is 35.1. The van der Waals surface area contributed by atoms with Crippen molar-refractivity contribution in [3.63, 3.8) is 0 Å². The van der Waals surface area contributed by atoms with Gasteiger partial charge in [-0.3, -0.25) is 67.1 Å². The Balaban J connectivity index is 1.58. The van der Waals surface area contributed by atoms with Crippen LogP contribution in [-0.2, 0) is 73.5 Å². The van der Waals surface area contributed by atoms with E-state index in [1.54, 1.807) is 41.5 Å². The van der Waals surface area contributed by atoms with Crippen molar-refractivity contribution in [1.29, 1.82) is 0 Å². The Hall–Kier alpha value is -6.89. The molecule has 5 heterocycles. The summed E-state index contributed by atoms with van der Waals surface area (Å²) in [6.07, 6.45) is 2.25. The molecule has 4 saturated heterocycles. The molecule has 36 heteroatoms. The number of amides is 14. The second-order valence-electron chi connectivity index (χ2n) is 23.7. The number of nitrogens with zero attached hydrogens (tertiary/aromatic N) is 2. The largest absolute Gasteiger partial charge is 0.391 e. The number of rotatable bonds is 18. The first-order valence-electron chi connectivity index (χ1n) is 30.1. The Morgan fingerprint density at radius 3 is 1.90 bits per heavy atom. The fourth-order valence-electron chi connectivity index (χ4n) is 9.99. The van der Waals surface area contributed by atoms with E-state index < -0.39 is 168 Å². The number of fused-ring (bicyclic) bond motifs is 6. The van der Waals surface area contributed by atoms with Gasteiger partial charge in [-0.25, -0.2) is 4.98 Å². The van der Waals surface area contributed by atoms with Crippen LogP contribution in [0.1, 0.15) is 98.6 Å². The van der Waals surface area contributed by atoms with E-state index in [1.807, 2.05) is 0 Å². The number of H-pyrrole nitrogens is 1. The number of hydrogen-bond acceptors (Lipinski definition) is 21. The van der Waals surface area contributed by atoms with Crippen molar-refractivity contribution in [2.75, 3.05) is 49.2 Å². The normalized spacial score (nSPS) is 27.2. The van der Waals surface area contributed by atoms with Crippen molar-refractivity contribution in [3.05, 3.63) is 18.2 Å². The molecular formula is C55H87N17O15S4. The summed E-state index contributed by atoms with van der Waals surface area (Å²) in [7, 11) is 3.73. The van der Waals surface area contributed by atoms with Crippen molar-refractivity contribution in [3.8, 4) is 0 Å². The molecule has 506 valence electrons. The number of carbonyl (C=O) groups is 14. The lowest BCUT2D eigenvalue weighted by molar-refractivity contribution is -0.142. The summed E-state index contributed by atoms with van der Waals surface area (Å²) in [6.45, 7) is 8.91. The number of aliphatic hydroxyl groups excluding tert-OH is 1. The smallest absolute Gasteiger partial charge is 0.246 e. The number of aromatic nitrogens is 2. The second-order valence-corrected chi connectivity index (χ2v) is 28.8. The Labute approximate surface area is 542 Å². The number of hydrogen-bond donors (Lipinski definition) is 16. The molecule has 1 aromatic rings. The molecule has 4 fully saturated rings. The highest BCUT2D eigenvalue weighted by Gasteiger charge is 2.44. The van der Waals surface area contributed by atoms with E-state index in [9.17, 15) is 72.2 Å². The van der Waals surface area contributed by atoms with Gasteiger partial charge in [-0.15, -0.1) is 0 Å². The molecule has 4 aliphatic rings. The molecule has 0 aliphatic carbocycles. The van der Waals surface area contributed by atoms with E-state index in [2.05, 4.69) is 73.8 Å². The van der Waals surface area contributed by atoms with Crippen LogP contribution in [-0.4, -0.2) is 224 Å². The van der Waals surface area contributed by atoms with Gasteiger partial charge < -0.3 is 90.3 Å². The third-order valence-corrected chi connectivity index (χ3v) is 19.7. The number of nitrogens with one attached hydrogen (secondary N) is 13. The van der Waals surface area contributed by atoms with Crippen LogP contribution in [0, 0.1) is 17.8 Å². The van der Waals surface area contributed by atoms with Crippen LogP contribution in [0.15, 0.2) is 12.5 Å². The van der Waals surface area contributed by atoms with E-state index >= 15 is 0 Å². The highest BCUT2D eigenvalue weighted by Crippen LogP contribution is 2.27. The molecule has 32 nitrogen and oxygen atoms in total. The lowest BCUT2D eigenvalue weighted by Gasteiger charge is -2.31. The molecule has 18 N–H and O–H groups in total. The van der Waals surface area contributed by atoms with Gasteiger partial charge in [-0.05, 0) is 62.8 Å². The van der Waals surface area contributed by atoms with Crippen molar-refractivity contribution >= 4 is 126 Å². The molecule has 1 aromatic heterocycles. The van der Waals surface area contributed by atoms with Gasteiger partial charge in [0.2, 0.25) is 82.7 Å². The molecule has 0 radical (unpaired) electrons. The van der Waals surface area contributed by atoms with E-state index in [1.165, 1.54) is 12.5 Å². The van der Waals surface area contributed by atoms with Crippen LogP contribution < -0.4 is 75.3 Å². The zero-order valence-electron chi connectivity index (χ0n) is 51.7. The van der Waals surface area contributed by atoms with Crippen molar-refractivity contribution < 1.29 is 72.2 Å². The quantitative estimate of drug-likeness (QED) is 0.0483. The monoisotopic (exact) mass is 1350 g/mol. The minimum Gasteiger partial charge on any atom is -0.391 e. The highest BCUT2D eigenvalue weighted by molar-refractivity contribution is 8.77. The molecule has 12 atom stereocenters. The summed E-state index contributed by atoms with van der Waals surface area (Å²) in [4.78, 5) is 203. The number of aliphatic hydroxyl groups is 1. The molecule has 5 rings (SSSR count). The lowest BCUT2D eigenvalue weighted by Crippen LogP contribution is -2.61. The van der Waals surface area contributed by atoms with E-state index in [0.717, 1.165) is 48.1 Å². The molecule has 0 aromatic carbocycles. The summed E-state index contributed by atoms with van der Waals surface area (Å²) in [5.41, 5.74) is 11.9. The third-order valence-electron chi connectivity index (χ3n) is 14.8. The minimum absolute atomic E-state index is 0.0202. The summed E-state index contributed by atoms with van der Waals surface area (Å²) < 4.78 is 0. The summed E-state index contributed by atoms with van der Waals surface area (Å²) in [6, 6.07) is -15.1. The van der Waals surface area contributed by atoms with Crippen LogP contribution >= 0.6 is 43.2 Å². The predicted molar refractivity (Wildman–Crippen MR) is 339 cm³/mol. The summed E-state index contributed by atoms with van der Waals surface area (Å²) >= 11 is 0. The van der Waals surface area contributed by atoms with Gasteiger partial charge in [0.25, 0.3) is 0 Å². The minimum atomic E-state index is -1.56. The number of aromatic amines is 1. The van der Waals surface area contributed by atoms with Crippen LogP contribution in [0.25, 0.3) is 0 Å². The van der Waals surface area contributed by atoms with Crippen molar-refractivity contribution in [1.82, 2.24) is 78.7 Å². The van der Waals surface area contributed by atoms with Gasteiger partial charge in [0.1, 0.15) is 66.5 Å². The van der Waals surface area contributed by atoms with Crippen molar-refractivity contribution in [2.24, 2.45) is 29.2 Å². The highest BCUT2D eigenvalue weighted by atomic mass is 33.1. The Morgan fingerprint density at radius 2 is 1.29 bits per heavy atom. The Morgan fingerprint density at radius 1 is 0.681 bits per heavy atom. The number of imidazole rings is 1. The van der Waals surface area contributed by atoms with Crippen molar-refractivity contribution in [2.45, 2.75) is 172 Å². The maximum atomic E-state index is 14.9. The Bertz CT molecular complexity index is 2770.